The lowest BCUT2D eigenvalue weighted by molar-refractivity contribution is 0.0809. The van der Waals surface area contributed by atoms with Crippen LogP contribution in [0, 0.1) is 29.6 Å². The van der Waals surface area contributed by atoms with Crippen molar-refractivity contribution in [2.24, 2.45) is 29.6 Å². The average Bonchev–Trinajstić information content (AvgIpc) is 2.67. The van der Waals surface area contributed by atoms with Crippen LogP contribution in [0.1, 0.15) is 56.1 Å². The van der Waals surface area contributed by atoms with E-state index in [1.54, 1.807) is 18.7 Å². The van der Waals surface area contributed by atoms with Gasteiger partial charge in [0.05, 0.1) is 13.4 Å². The molecule has 2 saturated carbocycles. The normalized spacial score (nSPS) is 35.2. The standard InChI is InChI=1S/C23H31FO/c1-25-23-9-8-21-14-20(6-7-22(21)15-23)19-5-4-17-12-16(10-11-24)2-3-18(17)13-19/h8-11,15-20H,2-7,12-14H2,1H3/t16-,17?,18+,19?,20?/m0/s1. The minimum Gasteiger partial charge on any atom is -0.497 e. The molecule has 0 aliphatic heterocycles. The van der Waals surface area contributed by atoms with E-state index in [9.17, 15) is 4.39 Å². The Morgan fingerprint density at radius 1 is 0.920 bits per heavy atom. The molecule has 0 heterocycles. The molecule has 3 aliphatic rings. The molecule has 1 nitrogen and oxygen atoms in total. The molecule has 1 aromatic rings. The number of ether oxygens (including phenoxy) is 1. The summed E-state index contributed by atoms with van der Waals surface area (Å²) in [5.74, 6) is 5.03. The molecule has 3 unspecified atom stereocenters. The minimum atomic E-state index is 0.499. The zero-order chi connectivity index (χ0) is 17.2. The molecular weight excluding hydrogens is 311 g/mol. The Balaban J connectivity index is 1.38. The molecule has 25 heavy (non-hydrogen) atoms. The highest BCUT2D eigenvalue weighted by Gasteiger charge is 2.38. The highest BCUT2D eigenvalue weighted by Crippen LogP contribution is 2.48. The number of hydrogen-bond acceptors (Lipinski definition) is 1. The molecular formula is C23H31FO. The van der Waals surface area contributed by atoms with E-state index in [1.165, 1.54) is 63.4 Å². The first-order valence-electron chi connectivity index (χ1n) is 10.2. The van der Waals surface area contributed by atoms with Gasteiger partial charge < -0.3 is 4.74 Å². The van der Waals surface area contributed by atoms with Crippen molar-refractivity contribution in [2.45, 2.75) is 57.8 Å². The van der Waals surface area contributed by atoms with Gasteiger partial charge in [-0.25, -0.2) is 4.39 Å². The third-order valence-electron chi connectivity index (χ3n) is 7.39. The Bertz CT molecular complexity index is 623. The van der Waals surface area contributed by atoms with Crippen LogP contribution in [0.4, 0.5) is 4.39 Å². The SMILES string of the molecule is COc1ccc2c(c1)CCC(C1CCC3C[C@H](C=CF)CC[C@@H]3C1)C2. The van der Waals surface area contributed by atoms with Crippen molar-refractivity contribution in [3.63, 3.8) is 0 Å². The number of fused-ring (bicyclic) bond motifs is 2. The quantitative estimate of drug-likeness (QED) is 0.643. The van der Waals surface area contributed by atoms with E-state index in [-0.39, 0.29) is 0 Å². The van der Waals surface area contributed by atoms with Gasteiger partial charge in [0.1, 0.15) is 5.75 Å². The largest absolute Gasteiger partial charge is 0.497 e. The van der Waals surface area contributed by atoms with Crippen molar-refractivity contribution < 1.29 is 9.13 Å². The zero-order valence-corrected chi connectivity index (χ0v) is 15.4. The topological polar surface area (TPSA) is 9.23 Å². The molecule has 0 saturated heterocycles. The molecule has 136 valence electrons. The average molecular weight is 342 g/mol. The van der Waals surface area contributed by atoms with Gasteiger partial charge in [-0.2, -0.15) is 0 Å². The minimum absolute atomic E-state index is 0.499. The lowest BCUT2D eigenvalue weighted by atomic mass is 9.61. The Kier molecular flexibility index (Phi) is 5.15. The van der Waals surface area contributed by atoms with Gasteiger partial charge in [0, 0.05) is 0 Å². The fourth-order valence-electron chi connectivity index (χ4n) is 5.96. The van der Waals surface area contributed by atoms with Gasteiger partial charge in [0.15, 0.2) is 0 Å². The van der Waals surface area contributed by atoms with Crippen molar-refractivity contribution in [3.05, 3.63) is 41.7 Å². The molecule has 1 aromatic carbocycles. The molecule has 0 N–H and O–H groups in total. The predicted molar refractivity (Wildman–Crippen MR) is 100 cm³/mol. The number of aryl methyl sites for hydroxylation is 1. The molecule has 2 fully saturated rings. The smallest absolute Gasteiger partial charge is 0.119 e. The van der Waals surface area contributed by atoms with E-state index in [4.69, 9.17) is 4.74 Å². The molecule has 0 bridgehead atoms. The number of hydrogen-bond donors (Lipinski definition) is 0. The molecule has 4 rings (SSSR count). The second-order valence-corrected chi connectivity index (χ2v) is 8.62. The third kappa shape index (κ3) is 3.64. The second-order valence-electron chi connectivity index (χ2n) is 8.62. The summed E-state index contributed by atoms with van der Waals surface area (Å²) in [4.78, 5) is 0. The first-order chi connectivity index (χ1) is 12.3. The summed E-state index contributed by atoms with van der Waals surface area (Å²) in [5, 5.41) is 0. The van der Waals surface area contributed by atoms with Gasteiger partial charge in [0.2, 0.25) is 0 Å². The highest BCUT2D eigenvalue weighted by atomic mass is 19.1. The van der Waals surface area contributed by atoms with Crippen LogP contribution in [-0.2, 0) is 12.8 Å². The summed E-state index contributed by atoms with van der Waals surface area (Å²) in [7, 11) is 1.75. The Labute approximate surface area is 151 Å². The van der Waals surface area contributed by atoms with E-state index in [0.717, 1.165) is 35.8 Å². The van der Waals surface area contributed by atoms with Gasteiger partial charge in [-0.15, -0.1) is 0 Å². The number of rotatable bonds is 3. The van der Waals surface area contributed by atoms with Crippen LogP contribution in [0.15, 0.2) is 30.6 Å². The van der Waals surface area contributed by atoms with Crippen LogP contribution >= 0.6 is 0 Å². The van der Waals surface area contributed by atoms with Crippen molar-refractivity contribution in [1.29, 1.82) is 0 Å². The van der Waals surface area contributed by atoms with Crippen LogP contribution in [0.25, 0.3) is 0 Å². The summed E-state index contributed by atoms with van der Waals surface area (Å²) in [6, 6.07) is 6.65. The first-order valence-corrected chi connectivity index (χ1v) is 10.2. The molecule has 2 heteroatoms. The summed E-state index contributed by atoms with van der Waals surface area (Å²) in [6.07, 6.45) is 14.3. The monoisotopic (exact) mass is 342 g/mol. The first kappa shape index (κ1) is 17.1. The van der Waals surface area contributed by atoms with Crippen LogP contribution in [-0.4, -0.2) is 7.11 Å². The summed E-state index contributed by atoms with van der Waals surface area (Å²) >= 11 is 0. The van der Waals surface area contributed by atoms with Crippen molar-refractivity contribution >= 4 is 0 Å². The van der Waals surface area contributed by atoms with Gasteiger partial charge in [-0.05, 0) is 111 Å². The van der Waals surface area contributed by atoms with E-state index < -0.39 is 0 Å². The molecule has 0 amide bonds. The van der Waals surface area contributed by atoms with Gasteiger partial charge in [0.25, 0.3) is 0 Å². The maximum Gasteiger partial charge on any atom is 0.119 e. The van der Waals surface area contributed by atoms with Crippen molar-refractivity contribution in [1.82, 2.24) is 0 Å². The van der Waals surface area contributed by atoms with E-state index in [1.807, 2.05) is 0 Å². The van der Waals surface area contributed by atoms with Crippen LogP contribution in [0.2, 0.25) is 0 Å². The number of benzene rings is 1. The highest BCUT2D eigenvalue weighted by molar-refractivity contribution is 5.37. The van der Waals surface area contributed by atoms with Gasteiger partial charge in [-0.3, -0.25) is 0 Å². The summed E-state index contributed by atoms with van der Waals surface area (Å²) < 4.78 is 17.9. The number of halogens is 1. The fourth-order valence-corrected chi connectivity index (χ4v) is 5.96. The van der Waals surface area contributed by atoms with Crippen molar-refractivity contribution in [3.8, 4) is 5.75 Å². The second kappa shape index (κ2) is 7.51. The maximum atomic E-state index is 12.5. The zero-order valence-electron chi connectivity index (χ0n) is 15.4. The molecule has 3 aliphatic carbocycles. The Morgan fingerprint density at radius 3 is 2.48 bits per heavy atom. The van der Waals surface area contributed by atoms with E-state index >= 15 is 0 Å². The van der Waals surface area contributed by atoms with Crippen molar-refractivity contribution in [2.75, 3.05) is 7.11 Å². The molecule has 0 radical (unpaired) electrons. The Morgan fingerprint density at radius 2 is 1.68 bits per heavy atom. The van der Waals surface area contributed by atoms with Crippen LogP contribution in [0.3, 0.4) is 0 Å². The lowest BCUT2D eigenvalue weighted by Crippen LogP contribution is -2.34. The van der Waals surface area contributed by atoms with E-state index in [2.05, 4.69) is 18.2 Å². The maximum absolute atomic E-state index is 12.5. The summed E-state index contributed by atoms with van der Waals surface area (Å²) in [5.41, 5.74) is 3.05. The van der Waals surface area contributed by atoms with E-state index in [0.29, 0.717) is 5.92 Å². The van der Waals surface area contributed by atoms with Crippen LogP contribution < -0.4 is 4.74 Å². The lowest BCUT2D eigenvalue weighted by Gasteiger charge is -2.44. The predicted octanol–water partition coefficient (Wildman–Crippen LogP) is 6.12. The van der Waals surface area contributed by atoms with Gasteiger partial charge in [-0.1, -0.05) is 12.1 Å². The Hall–Kier alpha value is -1.31. The number of methoxy groups -OCH3 is 1. The fraction of sp³-hybridized carbons (Fsp3) is 0.652. The summed E-state index contributed by atoms with van der Waals surface area (Å²) in [6.45, 7) is 0. The van der Waals surface area contributed by atoms with Crippen LogP contribution in [0.5, 0.6) is 5.75 Å². The molecule has 0 spiro atoms. The number of allylic oxidation sites excluding steroid dienone is 1. The molecule has 0 aromatic heterocycles. The third-order valence-corrected chi connectivity index (χ3v) is 7.39. The van der Waals surface area contributed by atoms with Gasteiger partial charge >= 0.3 is 0 Å². The molecule has 5 atom stereocenters.